The van der Waals surface area contributed by atoms with Crippen molar-refractivity contribution in [2.45, 2.75) is 57.5 Å². The Morgan fingerprint density at radius 3 is 2.11 bits per heavy atom. The molecule has 2 aliphatic rings. The van der Waals surface area contributed by atoms with Gasteiger partial charge >= 0.3 is 0 Å². The average Bonchev–Trinajstić information content (AvgIpc) is 2.96. The highest BCUT2D eigenvalue weighted by molar-refractivity contribution is 6.34. The quantitative estimate of drug-likeness (QED) is 0.259. The fraction of sp³-hybridized carbons (Fsp3) is 0.545. The fourth-order valence-electron chi connectivity index (χ4n) is 6.43. The highest BCUT2D eigenvalue weighted by atomic mass is 35.5. The number of amides is 2. The number of hydrogen-bond donors (Lipinski definition) is 0. The third-order valence-electron chi connectivity index (χ3n) is 8.82. The number of carbonyl (C=O) groups is 2. The normalized spacial score (nSPS) is 18.2. The fourth-order valence-corrected chi connectivity index (χ4v) is 6.96. The van der Waals surface area contributed by atoms with Crippen molar-refractivity contribution in [1.82, 2.24) is 14.8 Å². The third kappa shape index (κ3) is 7.37. The van der Waals surface area contributed by atoms with Gasteiger partial charge in [-0.05, 0) is 81.2 Å². The Morgan fingerprint density at radius 1 is 1.05 bits per heavy atom. The molecule has 2 saturated heterocycles. The number of anilines is 1. The maximum Gasteiger partial charge on any atom is 0.287 e. The topological polar surface area (TPSA) is 66.0 Å². The summed E-state index contributed by atoms with van der Waals surface area (Å²) in [6.07, 6.45) is 5.89. The Hall–Kier alpha value is -2.75. The van der Waals surface area contributed by atoms with Crippen LogP contribution in [0.4, 0.5) is 14.6 Å². The van der Waals surface area contributed by atoms with Gasteiger partial charge in [-0.1, -0.05) is 29.3 Å². The summed E-state index contributed by atoms with van der Waals surface area (Å²) in [5.74, 6) is -2.59. The van der Waals surface area contributed by atoms with Gasteiger partial charge in [0.2, 0.25) is 5.60 Å². The summed E-state index contributed by atoms with van der Waals surface area (Å²) in [7, 11) is 3.46. The monoisotopic (exact) mass is 650 g/mol. The van der Waals surface area contributed by atoms with E-state index in [2.05, 4.69) is 11.5 Å². The lowest BCUT2D eigenvalue weighted by molar-refractivity contribution is -0.214. The lowest BCUT2D eigenvalue weighted by Gasteiger charge is -2.43. The largest absolute Gasteiger partial charge is 0.357 e. The van der Waals surface area contributed by atoms with Crippen LogP contribution in [0.3, 0.4) is 0 Å². The molecule has 1 atom stereocenters. The van der Waals surface area contributed by atoms with E-state index in [-0.39, 0.29) is 28.1 Å². The zero-order valence-electron chi connectivity index (χ0n) is 25.9. The van der Waals surface area contributed by atoms with Crippen LogP contribution in [-0.2, 0) is 15.1 Å². The number of rotatable bonds is 10. The summed E-state index contributed by atoms with van der Waals surface area (Å²) >= 11 is 12.3. The number of aryl methyl sites for hydroxylation is 1. The minimum atomic E-state index is -3.57. The van der Waals surface area contributed by atoms with Crippen molar-refractivity contribution in [3.05, 3.63) is 69.9 Å². The standard InChI is InChI=1S/C33H42Cl2F2N4O3/c1-6-17-44-33(32(3,36)37,25-19-26(34)21-27(35)20-25)31(43)41-15-11-24(12-16-41)18-23-9-13-40(14-10-23)29-8-7-28(22(2)38-29)30(42)39(4)5/h6-8,19-21,23-24H,1,9-18H2,2-5H3. The Labute approximate surface area is 269 Å². The molecule has 0 spiro atoms. The predicted octanol–water partition coefficient (Wildman–Crippen LogP) is 7.00. The van der Waals surface area contributed by atoms with E-state index in [1.165, 1.54) is 29.2 Å². The van der Waals surface area contributed by atoms with Crippen molar-refractivity contribution in [1.29, 1.82) is 0 Å². The van der Waals surface area contributed by atoms with Gasteiger partial charge < -0.3 is 19.4 Å². The molecule has 0 N–H and O–H groups in total. The Morgan fingerprint density at radius 2 is 1.61 bits per heavy atom. The molecule has 11 heteroatoms. The highest BCUT2D eigenvalue weighted by Crippen LogP contribution is 2.45. The Balaban J connectivity index is 1.37. The van der Waals surface area contributed by atoms with Crippen LogP contribution in [-0.4, -0.2) is 79.4 Å². The molecule has 0 aliphatic carbocycles. The zero-order valence-corrected chi connectivity index (χ0v) is 27.4. The van der Waals surface area contributed by atoms with Gasteiger partial charge in [0.15, 0.2) is 0 Å². The maximum absolute atomic E-state index is 15.5. The molecule has 2 aromatic rings. The number of alkyl halides is 2. The summed E-state index contributed by atoms with van der Waals surface area (Å²) < 4.78 is 36.6. The van der Waals surface area contributed by atoms with Gasteiger partial charge in [-0.15, -0.1) is 6.58 Å². The summed E-state index contributed by atoms with van der Waals surface area (Å²) in [5.41, 5.74) is -1.32. The SMILES string of the molecule is C=CCOC(C(=O)N1CCC(CC2CCN(c3ccc(C(=O)N(C)C)c(C)n3)CC2)CC1)(c1cc(Cl)cc(Cl)c1)C(C)(F)F. The molecule has 44 heavy (non-hydrogen) atoms. The van der Waals surface area contributed by atoms with Crippen LogP contribution in [0.1, 0.15) is 60.6 Å². The molecule has 2 aliphatic heterocycles. The molecule has 2 fully saturated rings. The molecule has 0 radical (unpaired) electrons. The third-order valence-corrected chi connectivity index (χ3v) is 9.26. The summed E-state index contributed by atoms with van der Waals surface area (Å²) in [5, 5.41) is 0.284. The summed E-state index contributed by atoms with van der Waals surface area (Å²) in [4.78, 5) is 36.3. The van der Waals surface area contributed by atoms with Crippen LogP contribution in [0.2, 0.25) is 10.0 Å². The van der Waals surface area contributed by atoms with E-state index in [4.69, 9.17) is 32.9 Å². The lowest BCUT2D eigenvalue weighted by atomic mass is 9.81. The van der Waals surface area contributed by atoms with Crippen LogP contribution < -0.4 is 4.90 Å². The highest BCUT2D eigenvalue weighted by Gasteiger charge is 2.60. The van der Waals surface area contributed by atoms with Gasteiger partial charge in [0.05, 0.1) is 17.9 Å². The number of halogens is 4. The average molecular weight is 652 g/mol. The number of aromatic nitrogens is 1. The second-order valence-electron chi connectivity index (χ2n) is 12.2. The number of carbonyl (C=O) groups excluding carboxylic acids is 2. The van der Waals surface area contributed by atoms with Crippen molar-refractivity contribution in [3.8, 4) is 0 Å². The smallest absolute Gasteiger partial charge is 0.287 e. The van der Waals surface area contributed by atoms with E-state index < -0.39 is 17.4 Å². The number of piperidine rings is 2. The Bertz CT molecular complexity index is 1330. The molecule has 0 saturated carbocycles. The number of pyridine rings is 1. The van der Waals surface area contributed by atoms with E-state index in [9.17, 15) is 9.59 Å². The van der Waals surface area contributed by atoms with Crippen molar-refractivity contribution in [3.63, 3.8) is 0 Å². The molecule has 3 heterocycles. The van der Waals surface area contributed by atoms with Crippen molar-refractivity contribution in [2.24, 2.45) is 11.8 Å². The summed E-state index contributed by atoms with van der Waals surface area (Å²) in [6, 6.07) is 7.85. The molecule has 1 unspecified atom stereocenters. The Kier molecular flexibility index (Phi) is 11.0. The first-order chi connectivity index (χ1) is 20.8. The van der Waals surface area contributed by atoms with Gasteiger partial charge in [-0.2, -0.15) is 0 Å². The molecular formula is C33H42Cl2F2N4O3. The second kappa shape index (κ2) is 14.1. The number of ether oxygens (including phenoxy) is 1. The number of hydrogen-bond acceptors (Lipinski definition) is 5. The van der Waals surface area contributed by atoms with Crippen LogP contribution in [0, 0.1) is 18.8 Å². The van der Waals surface area contributed by atoms with E-state index >= 15 is 8.78 Å². The first-order valence-electron chi connectivity index (χ1n) is 15.1. The molecular weight excluding hydrogens is 609 g/mol. The van der Waals surface area contributed by atoms with Crippen molar-refractivity contribution in [2.75, 3.05) is 51.8 Å². The van der Waals surface area contributed by atoms with Crippen molar-refractivity contribution < 1.29 is 23.1 Å². The van der Waals surface area contributed by atoms with E-state index in [0.29, 0.717) is 37.4 Å². The number of nitrogens with zero attached hydrogens (tertiary/aromatic N) is 4. The van der Waals surface area contributed by atoms with Crippen LogP contribution in [0.5, 0.6) is 0 Å². The van der Waals surface area contributed by atoms with Crippen LogP contribution >= 0.6 is 23.2 Å². The summed E-state index contributed by atoms with van der Waals surface area (Å²) in [6.45, 7) is 8.39. The van der Waals surface area contributed by atoms with Crippen molar-refractivity contribution >= 4 is 40.8 Å². The first kappa shape index (κ1) is 34.1. The molecule has 4 rings (SSSR count). The van der Waals surface area contributed by atoms with Crippen LogP contribution in [0.15, 0.2) is 43.0 Å². The minimum Gasteiger partial charge on any atom is -0.357 e. The van der Waals surface area contributed by atoms with Gasteiger partial charge in [-0.25, -0.2) is 13.8 Å². The van der Waals surface area contributed by atoms with E-state index in [1.54, 1.807) is 19.0 Å². The van der Waals surface area contributed by atoms with Gasteiger partial charge in [-0.3, -0.25) is 9.59 Å². The van der Waals surface area contributed by atoms with Gasteiger partial charge in [0.25, 0.3) is 17.7 Å². The maximum atomic E-state index is 15.5. The molecule has 1 aromatic carbocycles. The minimum absolute atomic E-state index is 0.0553. The first-order valence-corrected chi connectivity index (χ1v) is 15.8. The van der Waals surface area contributed by atoms with Crippen LogP contribution in [0.25, 0.3) is 0 Å². The second-order valence-corrected chi connectivity index (χ2v) is 13.1. The number of likely N-dealkylation sites (tertiary alicyclic amines) is 1. The molecule has 1 aromatic heterocycles. The van der Waals surface area contributed by atoms with E-state index in [0.717, 1.165) is 56.7 Å². The lowest BCUT2D eigenvalue weighted by Crippen LogP contribution is -2.59. The zero-order chi connectivity index (χ0) is 32.2. The van der Waals surface area contributed by atoms with Gasteiger partial charge in [0, 0.05) is 62.8 Å². The number of benzene rings is 1. The molecule has 240 valence electrons. The molecule has 7 nitrogen and oxygen atoms in total. The predicted molar refractivity (Wildman–Crippen MR) is 171 cm³/mol. The molecule has 0 bridgehead atoms. The molecule has 2 amide bonds. The van der Waals surface area contributed by atoms with E-state index in [1.807, 2.05) is 19.1 Å². The van der Waals surface area contributed by atoms with Gasteiger partial charge in [0.1, 0.15) is 5.82 Å².